The summed E-state index contributed by atoms with van der Waals surface area (Å²) in [6, 6.07) is -1.19. The molecule has 16 heavy (non-hydrogen) atoms. The molecule has 1 saturated heterocycles. The number of nitrogens with two attached hydrogens (primary N) is 1. The van der Waals surface area contributed by atoms with E-state index in [9.17, 15) is 19.9 Å². The van der Waals surface area contributed by atoms with Gasteiger partial charge >= 0.3 is 7.82 Å². The lowest BCUT2D eigenvalue weighted by Crippen LogP contribution is -2.61. The van der Waals surface area contributed by atoms with Crippen molar-refractivity contribution < 1.29 is 38.9 Å². The minimum absolute atomic E-state index is 0.674. The lowest BCUT2D eigenvalue weighted by molar-refractivity contribution is -0.247. The molecule has 10 heteroatoms. The number of phosphoric ester groups is 1. The van der Waals surface area contributed by atoms with E-state index in [2.05, 4.69) is 4.52 Å². The fraction of sp³-hybridized carbons (Fsp3) is 1.00. The van der Waals surface area contributed by atoms with Gasteiger partial charge in [-0.2, -0.15) is 0 Å². The molecule has 1 aliphatic rings. The van der Waals surface area contributed by atoms with Crippen molar-refractivity contribution in [2.24, 2.45) is 5.73 Å². The molecule has 0 aromatic heterocycles. The molecule has 9 nitrogen and oxygen atoms in total. The van der Waals surface area contributed by atoms with E-state index in [4.69, 9.17) is 20.3 Å². The van der Waals surface area contributed by atoms with Gasteiger partial charge in [-0.05, 0) is 0 Å². The Morgan fingerprint density at radius 3 is 2.31 bits per heavy atom. The normalized spacial score (nSPS) is 41.0. The second-order valence-corrected chi connectivity index (χ2v) is 4.65. The van der Waals surface area contributed by atoms with Crippen LogP contribution in [0.5, 0.6) is 0 Å². The summed E-state index contributed by atoms with van der Waals surface area (Å²) in [5, 5.41) is 28.0. The van der Waals surface area contributed by atoms with Gasteiger partial charge in [0.1, 0.15) is 18.3 Å². The van der Waals surface area contributed by atoms with Crippen LogP contribution in [0, 0.1) is 0 Å². The van der Waals surface area contributed by atoms with Crippen molar-refractivity contribution >= 4 is 7.82 Å². The van der Waals surface area contributed by atoms with Crippen LogP contribution in [0.2, 0.25) is 0 Å². The van der Waals surface area contributed by atoms with Crippen molar-refractivity contribution in [3.63, 3.8) is 0 Å². The Kier molecular flexibility index (Phi) is 4.41. The van der Waals surface area contributed by atoms with E-state index < -0.39 is 45.1 Å². The molecule has 0 amide bonds. The zero-order valence-electron chi connectivity index (χ0n) is 8.08. The zero-order valence-corrected chi connectivity index (χ0v) is 8.97. The Morgan fingerprint density at radius 2 is 1.81 bits per heavy atom. The summed E-state index contributed by atoms with van der Waals surface area (Å²) >= 11 is 0. The molecule has 0 aromatic rings. The molecule has 1 fully saturated rings. The van der Waals surface area contributed by atoms with Crippen LogP contribution in [0.15, 0.2) is 0 Å². The smallest absolute Gasteiger partial charge is 0.388 e. The molecule has 2 unspecified atom stereocenters. The maximum atomic E-state index is 10.4. The van der Waals surface area contributed by atoms with Crippen LogP contribution in [-0.2, 0) is 13.8 Å². The monoisotopic (exact) mass is 259 g/mol. The molecule has 96 valence electrons. The van der Waals surface area contributed by atoms with Gasteiger partial charge in [0.15, 0.2) is 6.29 Å². The lowest BCUT2D eigenvalue weighted by Gasteiger charge is -2.38. The number of hydrogen-bond donors (Lipinski definition) is 6. The molecule has 0 saturated carbocycles. The van der Waals surface area contributed by atoms with Crippen molar-refractivity contribution in [2.45, 2.75) is 30.6 Å². The van der Waals surface area contributed by atoms with E-state index in [1.54, 1.807) is 0 Å². The first-order chi connectivity index (χ1) is 7.22. The predicted molar refractivity (Wildman–Crippen MR) is 48.9 cm³/mol. The van der Waals surface area contributed by atoms with Crippen molar-refractivity contribution in [1.29, 1.82) is 0 Å². The first-order valence-electron chi connectivity index (χ1n) is 4.37. The summed E-state index contributed by atoms with van der Waals surface area (Å²) in [6.07, 6.45) is -5.76. The van der Waals surface area contributed by atoms with Gasteiger partial charge in [0.2, 0.25) is 0 Å². The van der Waals surface area contributed by atoms with E-state index in [0.29, 0.717) is 0 Å². The highest BCUT2D eigenvalue weighted by atomic mass is 31.2. The summed E-state index contributed by atoms with van der Waals surface area (Å²) in [5.41, 5.74) is 5.28. The standard InChI is InChI=1S/C6H14NO8P/c7-3-5(9)4(8)2(15-6(3)10)1-14-16(11,12)13/h2-6,8-10H,1,7H2,(H2,11,12,13)/t2?,3-,4-,5?,6+/m0/s1. The van der Waals surface area contributed by atoms with Crippen molar-refractivity contribution in [2.75, 3.05) is 6.61 Å². The first kappa shape index (κ1) is 14.0. The number of ether oxygens (including phenoxy) is 1. The third-order valence-electron chi connectivity index (χ3n) is 2.18. The largest absolute Gasteiger partial charge is 0.469 e. The first-order valence-corrected chi connectivity index (χ1v) is 5.91. The Labute approximate surface area is 90.6 Å². The molecule has 1 heterocycles. The molecule has 0 spiro atoms. The highest BCUT2D eigenvalue weighted by molar-refractivity contribution is 7.46. The molecule has 0 radical (unpaired) electrons. The van der Waals surface area contributed by atoms with Gasteiger partial charge in [0, 0.05) is 0 Å². The van der Waals surface area contributed by atoms with Crippen LogP contribution < -0.4 is 5.73 Å². The third-order valence-corrected chi connectivity index (χ3v) is 2.66. The predicted octanol–water partition coefficient (Wildman–Crippen LogP) is -3.14. The van der Waals surface area contributed by atoms with Crippen molar-refractivity contribution in [3.05, 3.63) is 0 Å². The number of rotatable bonds is 3. The van der Waals surface area contributed by atoms with E-state index in [0.717, 1.165) is 0 Å². The molecule has 1 aliphatic heterocycles. The molecule has 0 bridgehead atoms. The van der Waals surface area contributed by atoms with Gasteiger partial charge in [-0.15, -0.1) is 0 Å². The molecule has 5 atom stereocenters. The summed E-state index contributed by atoms with van der Waals surface area (Å²) < 4.78 is 19.2. The van der Waals surface area contributed by atoms with Crippen LogP contribution >= 0.6 is 7.82 Å². The average molecular weight is 259 g/mol. The van der Waals surface area contributed by atoms with Gasteiger partial charge in [-0.1, -0.05) is 0 Å². The maximum absolute atomic E-state index is 10.4. The molecule has 7 N–H and O–H groups in total. The summed E-state index contributed by atoms with van der Waals surface area (Å²) in [6.45, 7) is -0.674. The number of aliphatic hydroxyl groups excluding tert-OH is 3. The van der Waals surface area contributed by atoms with Crippen LogP contribution in [0.3, 0.4) is 0 Å². The third kappa shape index (κ3) is 3.45. The fourth-order valence-corrected chi connectivity index (χ4v) is 1.62. The van der Waals surface area contributed by atoms with E-state index in [1.807, 2.05) is 0 Å². The molecular formula is C6H14NO8P. The van der Waals surface area contributed by atoms with Gasteiger partial charge in [0.25, 0.3) is 0 Å². The highest BCUT2D eigenvalue weighted by Gasteiger charge is 2.42. The SMILES string of the molecule is N[C@H]1C(O)[C@@H](O)C(COP(=O)(O)O)O[C@H]1O. The average Bonchev–Trinajstić information content (AvgIpc) is 2.17. The molecule has 0 aliphatic carbocycles. The minimum Gasteiger partial charge on any atom is -0.388 e. The van der Waals surface area contributed by atoms with Crippen LogP contribution in [0.1, 0.15) is 0 Å². The Morgan fingerprint density at radius 1 is 1.25 bits per heavy atom. The molecule has 0 aromatic carbocycles. The van der Waals surface area contributed by atoms with Gasteiger partial charge in [-0.3, -0.25) is 4.52 Å². The van der Waals surface area contributed by atoms with Crippen LogP contribution in [-0.4, -0.2) is 62.4 Å². The topological polar surface area (TPSA) is 163 Å². The van der Waals surface area contributed by atoms with E-state index in [1.165, 1.54) is 0 Å². The van der Waals surface area contributed by atoms with Crippen LogP contribution in [0.25, 0.3) is 0 Å². The quantitative estimate of drug-likeness (QED) is 0.287. The van der Waals surface area contributed by atoms with Crippen molar-refractivity contribution in [3.8, 4) is 0 Å². The fourth-order valence-electron chi connectivity index (χ4n) is 1.28. The van der Waals surface area contributed by atoms with E-state index in [-0.39, 0.29) is 0 Å². The van der Waals surface area contributed by atoms with Crippen molar-refractivity contribution in [1.82, 2.24) is 0 Å². The van der Waals surface area contributed by atoms with Crippen LogP contribution in [0.4, 0.5) is 0 Å². The Hall–Kier alpha value is -0.0900. The number of aliphatic hydroxyl groups is 3. The van der Waals surface area contributed by atoms with Gasteiger partial charge in [0.05, 0.1) is 12.6 Å². The molecular weight excluding hydrogens is 245 g/mol. The second-order valence-electron chi connectivity index (χ2n) is 3.41. The Bertz CT molecular complexity index is 282. The van der Waals surface area contributed by atoms with Gasteiger partial charge < -0.3 is 35.6 Å². The highest BCUT2D eigenvalue weighted by Crippen LogP contribution is 2.36. The van der Waals surface area contributed by atoms with E-state index >= 15 is 0 Å². The minimum atomic E-state index is -4.70. The summed E-state index contributed by atoms with van der Waals surface area (Å²) in [5.74, 6) is 0. The molecule has 1 rings (SSSR count). The summed E-state index contributed by atoms with van der Waals surface area (Å²) in [4.78, 5) is 16.8. The zero-order chi connectivity index (χ0) is 12.5. The second kappa shape index (κ2) is 5.05. The Balaban J connectivity index is 2.57. The number of phosphoric acid groups is 1. The van der Waals surface area contributed by atoms with Gasteiger partial charge in [-0.25, -0.2) is 4.57 Å². The lowest BCUT2D eigenvalue weighted by atomic mass is 9.98. The summed E-state index contributed by atoms with van der Waals surface area (Å²) in [7, 11) is -4.70. The number of hydrogen-bond acceptors (Lipinski definition) is 7. The maximum Gasteiger partial charge on any atom is 0.469 e.